The molecule has 8 radical (unpaired) electrons. The molecule has 150 valence electrons. The molecule has 0 aliphatic heterocycles. The van der Waals surface area contributed by atoms with Gasteiger partial charge in [-0.3, -0.25) is 4.79 Å². The monoisotopic (exact) mass is 386 g/mol. The van der Waals surface area contributed by atoms with Gasteiger partial charge in [-0.15, -0.1) is 0 Å². The van der Waals surface area contributed by atoms with Gasteiger partial charge in [-0.1, -0.05) is 57.6 Å². The highest BCUT2D eigenvalue weighted by Crippen LogP contribution is 2.71. The van der Waals surface area contributed by atoms with E-state index in [1.165, 1.54) is 44.9 Å². The molecule has 4 rings (SSSR count). The van der Waals surface area contributed by atoms with Crippen molar-refractivity contribution in [3.8, 4) is 0 Å². The summed E-state index contributed by atoms with van der Waals surface area (Å²) in [6.45, 7) is 4.94. The fourth-order valence-electron chi connectivity index (χ4n) is 8.61. The summed E-state index contributed by atoms with van der Waals surface area (Å²) in [5.41, 5.74) is 0.537. The summed E-state index contributed by atoms with van der Waals surface area (Å²) in [6, 6.07) is 0. The molecule has 9 atom stereocenters. The lowest BCUT2D eigenvalue weighted by atomic mass is 9.35. The van der Waals surface area contributed by atoms with Crippen molar-refractivity contribution < 1.29 is 9.90 Å². The SMILES string of the molecule is [B]C1C2C(CCC3(C)C2CC[C@@H]3CCC([B])([B])C(=O)O)C2(C)CCCCC2[C@@H]1[B]. The third kappa shape index (κ3) is 3.29. The number of carboxylic acid groups (broad SMARTS) is 1. The molecule has 7 unspecified atom stereocenters. The average molecular weight is 386 g/mol. The molecule has 29 heavy (non-hydrogen) atoms. The minimum absolute atomic E-state index is 0.0849. The Morgan fingerprint density at radius 2 is 1.62 bits per heavy atom. The van der Waals surface area contributed by atoms with E-state index in [2.05, 4.69) is 13.8 Å². The molecule has 4 aliphatic carbocycles. The average Bonchev–Trinajstić information content (AvgIpc) is 3.00. The van der Waals surface area contributed by atoms with Crippen LogP contribution in [-0.4, -0.2) is 42.5 Å². The fraction of sp³-hybridized carbons (Fsp3) is 0.957. The zero-order valence-electron chi connectivity index (χ0n) is 18.3. The van der Waals surface area contributed by atoms with Crippen molar-refractivity contribution in [2.45, 2.75) is 94.9 Å². The normalized spacial score (nSPS) is 49.7. The third-order valence-corrected chi connectivity index (χ3v) is 10.4. The topological polar surface area (TPSA) is 37.3 Å². The van der Waals surface area contributed by atoms with Crippen molar-refractivity contribution >= 4 is 37.4 Å². The summed E-state index contributed by atoms with van der Waals surface area (Å²) in [4.78, 5) is 11.3. The van der Waals surface area contributed by atoms with Crippen LogP contribution in [0.4, 0.5) is 0 Å². The van der Waals surface area contributed by atoms with E-state index in [0.717, 1.165) is 12.8 Å². The van der Waals surface area contributed by atoms with Gasteiger partial charge in [0.1, 0.15) is 0 Å². The van der Waals surface area contributed by atoms with Gasteiger partial charge in [-0.2, -0.15) is 0 Å². The van der Waals surface area contributed by atoms with Crippen LogP contribution in [0.15, 0.2) is 0 Å². The summed E-state index contributed by atoms with van der Waals surface area (Å²) < 4.78 is 0. The molecule has 4 saturated carbocycles. The zero-order chi connectivity index (χ0) is 21.2. The first kappa shape index (κ1) is 21.9. The molecular weight excluding hydrogens is 351 g/mol. The van der Waals surface area contributed by atoms with Crippen LogP contribution in [0.5, 0.6) is 0 Å². The fourth-order valence-corrected chi connectivity index (χ4v) is 8.61. The third-order valence-electron chi connectivity index (χ3n) is 10.4. The summed E-state index contributed by atoms with van der Waals surface area (Å²) >= 11 is 0. The summed E-state index contributed by atoms with van der Waals surface area (Å²) in [5.74, 6) is 1.88. The van der Waals surface area contributed by atoms with E-state index in [4.69, 9.17) is 31.4 Å². The number of rotatable bonds is 4. The van der Waals surface area contributed by atoms with Gasteiger partial charge in [0.15, 0.2) is 0 Å². The number of hydrogen-bond donors (Lipinski definition) is 1. The molecule has 6 heteroatoms. The lowest BCUT2D eigenvalue weighted by molar-refractivity contribution is -0.138. The molecule has 0 heterocycles. The van der Waals surface area contributed by atoms with Crippen LogP contribution in [0.2, 0.25) is 16.8 Å². The second-order valence-electron chi connectivity index (χ2n) is 11.5. The van der Waals surface area contributed by atoms with Crippen LogP contribution in [0, 0.1) is 40.4 Å². The summed E-state index contributed by atoms with van der Waals surface area (Å²) in [7, 11) is 25.4. The molecule has 0 aromatic carbocycles. The number of hydrogen-bond acceptors (Lipinski definition) is 1. The van der Waals surface area contributed by atoms with Crippen LogP contribution in [-0.2, 0) is 4.79 Å². The maximum atomic E-state index is 11.3. The van der Waals surface area contributed by atoms with E-state index in [9.17, 15) is 9.90 Å². The molecule has 2 nitrogen and oxygen atoms in total. The van der Waals surface area contributed by atoms with E-state index < -0.39 is 11.2 Å². The Morgan fingerprint density at radius 1 is 0.931 bits per heavy atom. The standard InChI is InChI=1S/C23H34B4O2/c1-21-11-9-15-17(19(25)18(24)16-5-3-4-10-22(15,16)2)14(21)7-6-13(21)8-12-23(26,27)20(28)29/h13-19H,3-12H2,1-2H3,(H,28,29)/t13-,14?,15?,16?,17?,18+,19?,21?,22?/m1/s1. The Kier molecular flexibility index (Phi) is 5.60. The van der Waals surface area contributed by atoms with Crippen molar-refractivity contribution in [1.82, 2.24) is 0 Å². The number of carboxylic acids is 1. The Labute approximate surface area is 182 Å². The molecule has 0 aromatic rings. The van der Waals surface area contributed by atoms with Crippen LogP contribution < -0.4 is 0 Å². The van der Waals surface area contributed by atoms with Crippen molar-refractivity contribution in [1.29, 1.82) is 0 Å². The Morgan fingerprint density at radius 3 is 2.31 bits per heavy atom. The van der Waals surface area contributed by atoms with E-state index in [-0.39, 0.29) is 17.0 Å². The first-order chi connectivity index (χ1) is 13.5. The molecule has 0 saturated heterocycles. The Balaban J connectivity index is 1.56. The van der Waals surface area contributed by atoms with Crippen molar-refractivity contribution in [2.24, 2.45) is 40.4 Å². The van der Waals surface area contributed by atoms with Gasteiger partial charge in [0.05, 0.1) is 31.4 Å². The van der Waals surface area contributed by atoms with E-state index in [0.29, 0.717) is 41.4 Å². The highest BCUT2D eigenvalue weighted by molar-refractivity contribution is 6.49. The van der Waals surface area contributed by atoms with E-state index in [1.54, 1.807) is 0 Å². The van der Waals surface area contributed by atoms with Crippen LogP contribution >= 0.6 is 0 Å². The maximum absolute atomic E-state index is 11.3. The molecule has 0 aromatic heterocycles. The van der Waals surface area contributed by atoms with Gasteiger partial charge in [-0.25, -0.2) is 0 Å². The predicted molar refractivity (Wildman–Crippen MR) is 121 cm³/mol. The van der Waals surface area contributed by atoms with Gasteiger partial charge >= 0.3 is 0 Å². The Hall–Kier alpha value is -0.270. The molecule has 1 N–H and O–H groups in total. The molecule has 0 bridgehead atoms. The van der Waals surface area contributed by atoms with Gasteiger partial charge < -0.3 is 5.11 Å². The zero-order valence-corrected chi connectivity index (χ0v) is 18.3. The minimum atomic E-state index is -1.63. The molecular formula is C23H34B4O2. The van der Waals surface area contributed by atoms with Crippen molar-refractivity contribution in [3.63, 3.8) is 0 Å². The smallest absolute Gasteiger partial charge is 0.292 e. The van der Waals surface area contributed by atoms with Crippen LogP contribution in [0.1, 0.15) is 78.1 Å². The van der Waals surface area contributed by atoms with Crippen molar-refractivity contribution in [3.05, 3.63) is 0 Å². The second kappa shape index (κ2) is 7.40. The van der Waals surface area contributed by atoms with Crippen LogP contribution in [0.25, 0.3) is 0 Å². The quantitative estimate of drug-likeness (QED) is 0.724. The molecule has 4 aliphatic rings. The largest absolute Gasteiger partial charge is 0.482 e. The number of fused-ring (bicyclic) bond motifs is 5. The van der Waals surface area contributed by atoms with Gasteiger partial charge in [0, 0.05) is 0 Å². The van der Waals surface area contributed by atoms with Gasteiger partial charge in [-0.05, 0) is 77.7 Å². The van der Waals surface area contributed by atoms with E-state index in [1.807, 2.05) is 0 Å². The predicted octanol–water partition coefficient (Wildman–Crippen LogP) is 4.49. The highest BCUT2D eigenvalue weighted by atomic mass is 16.4. The second-order valence-corrected chi connectivity index (χ2v) is 11.5. The van der Waals surface area contributed by atoms with E-state index >= 15 is 0 Å². The lowest BCUT2D eigenvalue weighted by Crippen LogP contribution is -2.56. The number of carbonyl (C=O) groups is 1. The first-order valence-corrected chi connectivity index (χ1v) is 11.8. The van der Waals surface area contributed by atoms with Gasteiger partial charge in [0.2, 0.25) is 0 Å². The minimum Gasteiger partial charge on any atom is -0.482 e. The maximum Gasteiger partial charge on any atom is 0.292 e. The Bertz CT molecular complexity index is 655. The molecule has 0 spiro atoms. The first-order valence-electron chi connectivity index (χ1n) is 11.8. The summed E-state index contributed by atoms with van der Waals surface area (Å²) in [5, 5.41) is 7.66. The molecule has 4 fully saturated rings. The summed E-state index contributed by atoms with van der Waals surface area (Å²) in [6.07, 6.45) is 11.0. The lowest BCUT2D eigenvalue weighted by Gasteiger charge is -2.65. The van der Waals surface area contributed by atoms with Crippen LogP contribution in [0.3, 0.4) is 0 Å². The highest BCUT2D eigenvalue weighted by Gasteiger charge is 2.62. The molecule has 0 amide bonds. The van der Waals surface area contributed by atoms with Crippen molar-refractivity contribution in [2.75, 3.05) is 0 Å². The van der Waals surface area contributed by atoms with Gasteiger partial charge in [0.25, 0.3) is 5.97 Å². The number of aliphatic carboxylic acids is 1.